The normalized spacial score (nSPS) is 18.9. The van der Waals surface area contributed by atoms with Crippen LogP contribution in [0.4, 0.5) is 0 Å². The number of benzene rings is 2. The van der Waals surface area contributed by atoms with Gasteiger partial charge in [-0.15, -0.1) is 0 Å². The number of carbonyl (C=O) groups is 1. The first-order valence-corrected chi connectivity index (χ1v) is 10.4. The molecular formula is C26H32O2. The second kappa shape index (κ2) is 8.34. The first-order valence-electron chi connectivity index (χ1n) is 10.4. The standard InChI is InChI=1S/C26H32O2/c1-6-28-25(27)23-12-8-7-11-21(23)16-19(3)20-13-14-22-18(2)10-9-15-26(4,5)24(22)17-20/h7-8,11-14,16-18H,6,9-10,15H2,1-5H3. The Hall–Kier alpha value is -2.35. The summed E-state index contributed by atoms with van der Waals surface area (Å²) in [4.78, 5) is 12.3. The summed E-state index contributed by atoms with van der Waals surface area (Å²) in [6.07, 6.45) is 5.86. The van der Waals surface area contributed by atoms with Crippen molar-refractivity contribution in [3.8, 4) is 0 Å². The summed E-state index contributed by atoms with van der Waals surface area (Å²) in [5, 5.41) is 0. The van der Waals surface area contributed by atoms with Crippen LogP contribution in [0.3, 0.4) is 0 Å². The number of ether oxygens (including phenoxy) is 1. The summed E-state index contributed by atoms with van der Waals surface area (Å²) in [6, 6.07) is 14.6. The van der Waals surface area contributed by atoms with Crippen LogP contribution in [0.15, 0.2) is 42.5 Å². The molecule has 2 aromatic carbocycles. The number of carbonyl (C=O) groups excluding carboxylic acids is 1. The van der Waals surface area contributed by atoms with Gasteiger partial charge in [-0.3, -0.25) is 0 Å². The van der Waals surface area contributed by atoms with E-state index in [0.717, 1.165) is 11.1 Å². The molecule has 28 heavy (non-hydrogen) atoms. The maximum atomic E-state index is 12.3. The van der Waals surface area contributed by atoms with Crippen LogP contribution in [0.25, 0.3) is 11.6 Å². The molecule has 0 aromatic heterocycles. The molecule has 0 fully saturated rings. The van der Waals surface area contributed by atoms with Crippen molar-refractivity contribution in [2.24, 2.45) is 0 Å². The van der Waals surface area contributed by atoms with E-state index >= 15 is 0 Å². The zero-order chi connectivity index (χ0) is 20.3. The Morgan fingerprint density at radius 1 is 1.21 bits per heavy atom. The first-order chi connectivity index (χ1) is 13.3. The third-order valence-corrected chi connectivity index (χ3v) is 6.04. The van der Waals surface area contributed by atoms with Gasteiger partial charge in [-0.2, -0.15) is 0 Å². The zero-order valence-corrected chi connectivity index (χ0v) is 17.8. The average molecular weight is 377 g/mol. The van der Waals surface area contributed by atoms with Crippen LogP contribution in [0, 0.1) is 0 Å². The molecule has 0 heterocycles. The SMILES string of the molecule is CCOC(=O)c1ccccc1C=C(C)c1ccc2c(c1)C(C)(C)CCCC2C. The van der Waals surface area contributed by atoms with Crippen molar-refractivity contribution in [3.63, 3.8) is 0 Å². The average Bonchev–Trinajstić information content (AvgIpc) is 2.78. The smallest absolute Gasteiger partial charge is 0.338 e. The molecule has 1 aliphatic carbocycles. The summed E-state index contributed by atoms with van der Waals surface area (Å²) in [7, 11) is 0. The van der Waals surface area contributed by atoms with E-state index < -0.39 is 0 Å². The van der Waals surface area contributed by atoms with Crippen LogP contribution in [-0.4, -0.2) is 12.6 Å². The summed E-state index contributed by atoms with van der Waals surface area (Å²) < 4.78 is 5.22. The van der Waals surface area contributed by atoms with Crippen molar-refractivity contribution in [1.82, 2.24) is 0 Å². The molecule has 3 rings (SSSR count). The van der Waals surface area contributed by atoms with Gasteiger partial charge in [0.15, 0.2) is 0 Å². The van der Waals surface area contributed by atoms with Gasteiger partial charge in [0.1, 0.15) is 0 Å². The molecule has 0 spiro atoms. The summed E-state index contributed by atoms with van der Waals surface area (Å²) >= 11 is 0. The molecular weight excluding hydrogens is 344 g/mol. The van der Waals surface area contributed by atoms with Crippen molar-refractivity contribution < 1.29 is 9.53 Å². The Morgan fingerprint density at radius 2 is 1.96 bits per heavy atom. The Morgan fingerprint density at radius 3 is 2.71 bits per heavy atom. The first kappa shape index (κ1) is 20.4. The van der Waals surface area contributed by atoms with Crippen LogP contribution in [-0.2, 0) is 10.2 Å². The molecule has 0 saturated carbocycles. The molecule has 2 nitrogen and oxygen atoms in total. The molecule has 148 valence electrons. The van der Waals surface area contributed by atoms with Gasteiger partial charge in [0, 0.05) is 0 Å². The molecule has 0 bridgehead atoms. The zero-order valence-electron chi connectivity index (χ0n) is 17.8. The number of hydrogen-bond acceptors (Lipinski definition) is 2. The van der Waals surface area contributed by atoms with Gasteiger partial charge >= 0.3 is 5.97 Å². The van der Waals surface area contributed by atoms with Gasteiger partial charge < -0.3 is 4.74 Å². The Labute approximate surface area is 169 Å². The second-order valence-electron chi connectivity index (χ2n) is 8.61. The second-order valence-corrected chi connectivity index (χ2v) is 8.61. The highest BCUT2D eigenvalue weighted by Crippen LogP contribution is 2.41. The lowest BCUT2D eigenvalue weighted by Gasteiger charge is -2.27. The number of rotatable bonds is 4. The Kier molecular flexibility index (Phi) is 6.07. The van der Waals surface area contributed by atoms with Crippen molar-refractivity contribution in [2.75, 3.05) is 6.61 Å². The van der Waals surface area contributed by atoms with E-state index in [1.165, 1.54) is 36.0 Å². The third-order valence-electron chi connectivity index (χ3n) is 6.04. The molecule has 0 radical (unpaired) electrons. The fourth-order valence-corrected chi connectivity index (χ4v) is 4.29. The van der Waals surface area contributed by atoms with Gasteiger partial charge in [0.05, 0.1) is 12.2 Å². The molecule has 0 N–H and O–H groups in total. The van der Waals surface area contributed by atoms with Crippen LogP contribution in [0.2, 0.25) is 0 Å². The van der Waals surface area contributed by atoms with Crippen LogP contribution < -0.4 is 0 Å². The lowest BCUT2D eigenvalue weighted by Crippen LogP contribution is -2.17. The maximum Gasteiger partial charge on any atom is 0.338 e. The summed E-state index contributed by atoms with van der Waals surface area (Å²) in [5.41, 5.74) is 7.06. The van der Waals surface area contributed by atoms with Crippen molar-refractivity contribution in [2.45, 2.75) is 65.2 Å². The maximum absolute atomic E-state index is 12.3. The van der Waals surface area contributed by atoms with E-state index in [9.17, 15) is 4.79 Å². The van der Waals surface area contributed by atoms with Crippen LogP contribution in [0.1, 0.15) is 92.4 Å². The van der Waals surface area contributed by atoms with Crippen molar-refractivity contribution in [1.29, 1.82) is 0 Å². The molecule has 1 aliphatic rings. The van der Waals surface area contributed by atoms with Crippen LogP contribution in [0.5, 0.6) is 0 Å². The van der Waals surface area contributed by atoms with E-state index in [1.807, 2.05) is 31.2 Å². The van der Waals surface area contributed by atoms with E-state index in [4.69, 9.17) is 4.74 Å². The number of fused-ring (bicyclic) bond motifs is 1. The quantitative estimate of drug-likeness (QED) is 0.326. The van der Waals surface area contributed by atoms with Gasteiger partial charge in [-0.25, -0.2) is 4.79 Å². The highest BCUT2D eigenvalue weighted by atomic mass is 16.5. The molecule has 1 unspecified atom stereocenters. The third kappa shape index (κ3) is 4.22. The van der Waals surface area contributed by atoms with Gasteiger partial charge in [0.2, 0.25) is 0 Å². The topological polar surface area (TPSA) is 26.3 Å². The summed E-state index contributed by atoms with van der Waals surface area (Å²) in [6.45, 7) is 11.4. The lowest BCUT2D eigenvalue weighted by molar-refractivity contribution is 0.0526. The monoisotopic (exact) mass is 376 g/mol. The van der Waals surface area contributed by atoms with Crippen LogP contribution >= 0.6 is 0 Å². The Bertz CT molecular complexity index is 889. The number of allylic oxidation sites excluding steroid dienone is 1. The van der Waals surface area contributed by atoms with Gasteiger partial charge in [-0.05, 0) is 71.9 Å². The van der Waals surface area contributed by atoms with Gasteiger partial charge in [-0.1, -0.05) is 69.7 Å². The number of hydrogen-bond donors (Lipinski definition) is 0. The lowest BCUT2D eigenvalue weighted by atomic mass is 9.78. The summed E-state index contributed by atoms with van der Waals surface area (Å²) in [5.74, 6) is 0.346. The minimum Gasteiger partial charge on any atom is -0.462 e. The minimum absolute atomic E-state index is 0.194. The largest absolute Gasteiger partial charge is 0.462 e. The molecule has 1 atom stereocenters. The molecule has 2 heteroatoms. The predicted octanol–water partition coefficient (Wildman–Crippen LogP) is 6.99. The molecule has 0 amide bonds. The van der Waals surface area contributed by atoms with E-state index in [0.29, 0.717) is 18.1 Å². The van der Waals surface area contributed by atoms with E-state index in [-0.39, 0.29) is 11.4 Å². The van der Waals surface area contributed by atoms with E-state index in [1.54, 1.807) is 0 Å². The van der Waals surface area contributed by atoms with Crippen molar-refractivity contribution in [3.05, 3.63) is 70.3 Å². The van der Waals surface area contributed by atoms with E-state index in [2.05, 4.69) is 52.0 Å². The molecule has 0 saturated heterocycles. The fraction of sp³-hybridized carbons (Fsp3) is 0.423. The minimum atomic E-state index is -0.265. The van der Waals surface area contributed by atoms with Crippen molar-refractivity contribution >= 4 is 17.6 Å². The molecule has 0 aliphatic heterocycles. The highest BCUT2D eigenvalue weighted by Gasteiger charge is 2.28. The predicted molar refractivity (Wildman–Crippen MR) is 118 cm³/mol. The van der Waals surface area contributed by atoms with Gasteiger partial charge in [0.25, 0.3) is 0 Å². The Balaban J connectivity index is 2.02. The molecule has 2 aromatic rings. The number of esters is 1. The highest BCUT2D eigenvalue weighted by molar-refractivity contribution is 5.96. The fourth-order valence-electron chi connectivity index (χ4n) is 4.29.